The molecule has 6 atom stereocenters. The smallest absolute Gasteiger partial charge is 0.243 e. The van der Waals surface area contributed by atoms with Crippen LogP contribution in [0, 0.1) is 0 Å². The van der Waals surface area contributed by atoms with Gasteiger partial charge in [0.2, 0.25) is 35.4 Å². The summed E-state index contributed by atoms with van der Waals surface area (Å²) >= 11 is 0. The van der Waals surface area contributed by atoms with Gasteiger partial charge in [-0.2, -0.15) is 0 Å². The van der Waals surface area contributed by atoms with Crippen LogP contribution in [0.4, 0.5) is 0 Å². The first kappa shape index (κ1) is 41.7. The summed E-state index contributed by atoms with van der Waals surface area (Å²) in [6.07, 6.45) is 5.99. The van der Waals surface area contributed by atoms with Crippen molar-refractivity contribution in [3.63, 3.8) is 0 Å². The van der Waals surface area contributed by atoms with Crippen molar-refractivity contribution in [2.75, 3.05) is 40.8 Å². The molecule has 1 rings (SSSR count). The number of nitrogens with one attached hydrogen (secondary N) is 9. The highest BCUT2D eigenvalue weighted by molar-refractivity contribution is 5.98. The normalized spacial score (nSPS) is 25.4. The highest BCUT2D eigenvalue weighted by atomic mass is 16.2. The molecule has 0 saturated carbocycles. The van der Waals surface area contributed by atoms with Crippen molar-refractivity contribution in [3.8, 4) is 0 Å². The number of hydrogen-bond acceptors (Lipinski definition) is 9. The maximum Gasteiger partial charge on any atom is 0.243 e. The Kier molecular flexibility index (Phi) is 21.2. The summed E-state index contributed by atoms with van der Waals surface area (Å²) in [5.41, 5.74) is 0. The van der Waals surface area contributed by atoms with E-state index in [2.05, 4.69) is 47.9 Å². The van der Waals surface area contributed by atoms with Crippen LogP contribution in [0.5, 0.6) is 0 Å². The number of carbonyl (C=O) groups excluding carboxylic acids is 6. The molecule has 15 nitrogen and oxygen atoms in total. The lowest BCUT2D eigenvalue weighted by molar-refractivity contribution is -0.136. The van der Waals surface area contributed by atoms with Crippen LogP contribution in [0.3, 0.4) is 0 Å². The molecule has 0 unspecified atom stereocenters. The molecule has 0 aromatic rings. The summed E-state index contributed by atoms with van der Waals surface area (Å²) in [6, 6.07) is -5.84. The van der Waals surface area contributed by atoms with E-state index in [0.29, 0.717) is 51.4 Å². The zero-order valence-corrected chi connectivity index (χ0v) is 29.3. The van der Waals surface area contributed by atoms with Gasteiger partial charge in [0.1, 0.15) is 36.3 Å². The van der Waals surface area contributed by atoms with Crippen LogP contribution in [0.25, 0.3) is 0 Å². The number of hydrogen-bond donors (Lipinski definition) is 9. The van der Waals surface area contributed by atoms with Gasteiger partial charge < -0.3 is 47.9 Å². The van der Waals surface area contributed by atoms with Gasteiger partial charge in [0.25, 0.3) is 0 Å². The Labute approximate surface area is 280 Å². The average molecular weight is 668 g/mol. The maximum absolute atomic E-state index is 13.6. The largest absolute Gasteiger partial charge is 0.343 e. The average Bonchev–Trinajstić information content (AvgIpc) is 3.04. The number of unbranched alkanes of at least 4 members (excludes halogenated alkanes) is 3. The Morgan fingerprint density at radius 1 is 0.426 bits per heavy atom. The van der Waals surface area contributed by atoms with E-state index < -0.39 is 71.7 Å². The fourth-order valence-electron chi connectivity index (χ4n) is 5.21. The fourth-order valence-corrected chi connectivity index (χ4v) is 5.21. The molecule has 9 N–H and O–H groups in total. The second-order valence-corrected chi connectivity index (χ2v) is 12.3. The Hall–Kier alpha value is -3.30. The predicted octanol–water partition coefficient (Wildman–Crippen LogP) is -1.08. The van der Waals surface area contributed by atoms with E-state index in [1.165, 1.54) is 13.8 Å². The summed E-state index contributed by atoms with van der Waals surface area (Å²) in [5, 5.41) is 25.6. The molecule has 0 aromatic carbocycles. The van der Waals surface area contributed by atoms with Gasteiger partial charge in [0.15, 0.2) is 0 Å². The minimum Gasteiger partial charge on any atom is -0.343 e. The minimum atomic E-state index is -1.01. The molecule has 1 fully saturated rings. The summed E-state index contributed by atoms with van der Waals surface area (Å²) in [6.45, 7) is 7.08. The van der Waals surface area contributed by atoms with E-state index in [9.17, 15) is 28.8 Å². The molecule has 1 aliphatic heterocycles. The van der Waals surface area contributed by atoms with Crippen molar-refractivity contribution in [1.29, 1.82) is 0 Å². The van der Waals surface area contributed by atoms with Crippen molar-refractivity contribution in [2.24, 2.45) is 0 Å². The third-order valence-corrected chi connectivity index (χ3v) is 8.12. The predicted molar refractivity (Wildman–Crippen MR) is 181 cm³/mol. The van der Waals surface area contributed by atoms with Gasteiger partial charge in [-0.3, -0.25) is 28.8 Å². The standard InChI is InChI=1S/C32H61N9O6/c1-7-14-23-31(46)41-25(16-9-12-19-34-5)30(45)37-21(2)27(42)38-24(15-8-11-18-33-4)29(44)36-22(3)28(43)39-26(32(47)40-23)17-10-13-20-35-6/h21-26,33-35H,7-20H2,1-6H3,(H,36,44)(H,37,45)(H,38,42)(H,39,43)(H,40,47)(H,41,46)/t21-,22-,23-,24+,25+,26+/m1/s1. The zero-order chi connectivity index (χ0) is 35.2. The van der Waals surface area contributed by atoms with Crippen LogP contribution in [0.15, 0.2) is 0 Å². The Morgan fingerprint density at radius 2 is 0.702 bits per heavy atom. The van der Waals surface area contributed by atoms with E-state index in [1.54, 1.807) is 0 Å². The SMILES string of the molecule is CCC[C@H]1NC(=O)[C@H](CCCCNC)NC(=O)[C@@H](C)NC(=O)[C@H](CCCCNC)NC(=O)[C@@H](C)NC(=O)[C@H](CCCCNC)NC1=O. The molecule has 0 spiro atoms. The summed E-state index contributed by atoms with van der Waals surface area (Å²) < 4.78 is 0. The summed E-state index contributed by atoms with van der Waals surface area (Å²) in [7, 11) is 5.48. The zero-order valence-electron chi connectivity index (χ0n) is 29.3. The highest BCUT2D eigenvalue weighted by Crippen LogP contribution is 2.09. The van der Waals surface area contributed by atoms with Gasteiger partial charge in [0.05, 0.1) is 0 Å². The van der Waals surface area contributed by atoms with Gasteiger partial charge >= 0.3 is 0 Å². The molecule has 0 bridgehead atoms. The third kappa shape index (κ3) is 16.4. The van der Waals surface area contributed by atoms with Crippen molar-refractivity contribution >= 4 is 35.4 Å². The number of rotatable bonds is 17. The Morgan fingerprint density at radius 3 is 1.00 bits per heavy atom. The van der Waals surface area contributed by atoms with E-state index in [-0.39, 0.29) is 0 Å². The minimum absolute atomic E-state index is 0.313. The lowest BCUT2D eigenvalue weighted by atomic mass is 10.0. The quantitative estimate of drug-likeness (QED) is 0.0863. The molecule has 1 heterocycles. The van der Waals surface area contributed by atoms with Crippen LogP contribution in [0.1, 0.15) is 91.4 Å². The van der Waals surface area contributed by atoms with Crippen LogP contribution in [0.2, 0.25) is 0 Å². The maximum atomic E-state index is 13.6. The summed E-state index contributed by atoms with van der Waals surface area (Å²) in [4.78, 5) is 80.4. The molecule has 1 aliphatic rings. The third-order valence-electron chi connectivity index (χ3n) is 8.12. The van der Waals surface area contributed by atoms with E-state index >= 15 is 0 Å². The molecule has 0 aromatic heterocycles. The molecule has 0 aliphatic carbocycles. The molecular formula is C32H61N9O6. The lowest BCUT2D eigenvalue weighted by Crippen LogP contribution is -2.60. The van der Waals surface area contributed by atoms with Gasteiger partial charge in [-0.05, 0) is 119 Å². The molecule has 47 heavy (non-hydrogen) atoms. The van der Waals surface area contributed by atoms with Crippen LogP contribution >= 0.6 is 0 Å². The van der Waals surface area contributed by atoms with Gasteiger partial charge in [0, 0.05) is 0 Å². The van der Waals surface area contributed by atoms with Crippen molar-refractivity contribution in [3.05, 3.63) is 0 Å². The number of carbonyl (C=O) groups is 6. The molecule has 270 valence electrons. The second kappa shape index (κ2) is 23.9. The Balaban J connectivity index is 3.42. The monoisotopic (exact) mass is 667 g/mol. The van der Waals surface area contributed by atoms with E-state index in [0.717, 1.165) is 38.9 Å². The van der Waals surface area contributed by atoms with Crippen molar-refractivity contribution in [2.45, 2.75) is 128 Å². The molecule has 15 heteroatoms. The lowest BCUT2D eigenvalue weighted by Gasteiger charge is -2.28. The first-order chi connectivity index (χ1) is 22.5. The first-order valence-electron chi connectivity index (χ1n) is 17.2. The Bertz CT molecular complexity index is 988. The van der Waals surface area contributed by atoms with Crippen molar-refractivity contribution < 1.29 is 28.8 Å². The summed E-state index contributed by atoms with van der Waals surface area (Å²) in [5.74, 6) is -3.25. The highest BCUT2D eigenvalue weighted by Gasteiger charge is 2.32. The second-order valence-electron chi connectivity index (χ2n) is 12.3. The first-order valence-corrected chi connectivity index (χ1v) is 17.2. The molecule has 1 saturated heterocycles. The number of amides is 6. The molecule has 0 radical (unpaired) electrons. The topological polar surface area (TPSA) is 211 Å². The van der Waals surface area contributed by atoms with E-state index in [1.807, 2.05) is 28.1 Å². The van der Waals surface area contributed by atoms with E-state index in [4.69, 9.17) is 0 Å². The van der Waals surface area contributed by atoms with Gasteiger partial charge in [-0.15, -0.1) is 0 Å². The van der Waals surface area contributed by atoms with Crippen molar-refractivity contribution in [1.82, 2.24) is 47.9 Å². The molecule has 6 amide bonds. The van der Waals surface area contributed by atoms with Crippen LogP contribution < -0.4 is 47.9 Å². The fraction of sp³-hybridized carbons (Fsp3) is 0.812. The van der Waals surface area contributed by atoms with Gasteiger partial charge in [-0.1, -0.05) is 13.3 Å². The van der Waals surface area contributed by atoms with Gasteiger partial charge in [-0.25, -0.2) is 0 Å². The van der Waals surface area contributed by atoms with Crippen LogP contribution in [-0.4, -0.2) is 112 Å². The van der Waals surface area contributed by atoms with Crippen LogP contribution in [-0.2, 0) is 28.8 Å². The molecular weight excluding hydrogens is 606 g/mol.